The maximum absolute atomic E-state index is 5.17. The van der Waals surface area contributed by atoms with E-state index in [4.69, 9.17) is 4.74 Å². The quantitative estimate of drug-likeness (QED) is 0.817. The number of anilines is 1. The van der Waals surface area contributed by atoms with E-state index in [0.717, 1.165) is 18.3 Å². The Bertz CT molecular complexity index is 346. The number of nitrogens with zero attached hydrogens (tertiary/aromatic N) is 1. The summed E-state index contributed by atoms with van der Waals surface area (Å²) < 4.78 is 5.17. The Balaban J connectivity index is 1.89. The van der Waals surface area contributed by atoms with Crippen molar-refractivity contribution >= 4 is 5.69 Å². The summed E-state index contributed by atoms with van der Waals surface area (Å²) in [4.78, 5) is 2.30. The Morgan fingerprint density at radius 1 is 1.35 bits per heavy atom. The lowest BCUT2D eigenvalue weighted by molar-refractivity contribution is 0.415. The lowest BCUT2D eigenvalue weighted by atomic mass is 10.2. The Kier molecular flexibility index (Phi) is 3.89. The summed E-state index contributed by atoms with van der Waals surface area (Å²) >= 11 is 0. The maximum atomic E-state index is 5.17. The highest BCUT2D eigenvalue weighted by Gasteiger charge is 2.21. The number of rotatable bonds is 6. The summed E-state index contributed by atoms with van der Waals surface area (Å²) in [5.74, 6) is 0.908. The molecule has 1 unspecified atom stereocenters. The zero-order valence-electron chi connectivity index (χ0n) is 10.9. The van der Waals surface area contributed by atoms with E-state index >= 15 is 0 Å². The minimum atomic E-state index is 0.504. The second-order valence-electron chi connectivity index (χ2n) is 4.84. The predicted molar refractivity (Wildman–Crippen MR) is 71.9 cm³/mol. The van der Waals surface area contributed by atoms with Gasteiger partial charge in [-0.3, -0.25) is 0 Å². The van der Waals surface area contributed by atoms with Crippen LogP contribution < -0.4 is 15.0 Å². The Hall–Kier alpha value is -1.22. The highest BCUT2D eigenvalue weighted by atomic mass is 16.5. The highest BCUT2D eigenvalue weighted by Crippen LogP contribution is 2.21. The summed E-state index contributed by atoms with van der Waals surface area (Å²) in [5.41, 5.74) is 1.23. The number of methoxy groups -OCH3 is 1. The van der Waals surface area contributed by atoms with Gasteiger partial charge in [0.1, 0.15) is 5.75 Å². The van der Waals surface area contributed by atoms with E-state index in [2.05, 4.69) is 36.3 Å². The van der Waals surface area contributed by atoms with E-state index in [1.807, 2.05) is 12.1 Å². The molecule has 0 aromatic heterocycles. The van der Waals surface area contributed by atoms with Gasteiger partial charge in [-0.05, 0) is 44.0 Å². The molecule has 1 saturated carbocycles. The van der Waals surface area contributed by atoms with Crippen LogP contribution in [0.3, 0.4) is 0 Å². The van der Waals surface area contributed by atoms with Crippen LogP contribution in [0.25, 0.3) is 0 Å². The fourth-order valence-electron chi connectivity index (χ4n) is 1.83. The van der Waals surface area contributed by atoms with Gasteiger partial charge in [0.05, 0.1) is 7.11 Å². The van der Waals surface area contributed by atoms with Crippen molar-refractivity contribution in [2.75, 3.05) is 25.6 Å². The molecule has 94 valence electrons. The minimum Gasteiger partial charge on any atom is -0.497 e. The van der Waals surface area contributed by atoms with Crippen LogP contribution in [0.15, 0.2) is 24.3 Å². The normalized spacial score (nSPS) is 16.6. The Morgan fingerprint density at radius 2 is 2.00 bits per heavy atom. The van der Waals surface area contributed by atoms with Crippen LogP contribution in [-0.2, 0) is 0 Å². The molecular weight excluding hydrogens is 212 g/mol. The van der Waals surface area contributed by atoms with E-state index in [0.29, 0.717) is 6.04 Å². The van der Waals surface area contributed by atoms with Crippen LogP contribution >= 0.6 is 0 Å². The molecule has 1 atom stereocenters. The smallest absolute Gasteiger partial charge is 0.119 e. The summed E-state index contributed by atoms with van der Waals surface area (Å²) in [5, 5.41) is 3.56. The molecule has 0 amide bonds. The lowest BCUT2D eigenvalue weighted by Gasteiger charge is -2.27. The number of benzene rings is 1. The van der Waals surface area contributed by atoms with Gasteiger partial charge in [-0.2, -0.15) is 0 Å². The SMILES string of the molecule is COc1ccc(N(C)C(C)CNC2CC2)cc1. The molecule has 1 aliphatic carbocycles. The molecule has 17 heavy (non-hydrogen) atoms. The van der Waals surface area contributed by atoms with E-state index in [1.54, 1.807) is 7.11 Å². The first-order valence-corrected chi connectivity index (χ1v) is 6.31. The van der Waals surface area contributed by atoms with Crippen molar-refractivity contribution < 1.29 is 4.74 Å². The topological polar surface area (TPSA) is 24.5 Å². The molecule has 3 nitrogen and oxygen atoms in total. The predicted octanol–water partition coefficient (Wildman–Crippen LogP) is 2.27. The molecule has 1 N–H and O–H groups in total. The molecule has 0 saturated heterocycles. The van der Waals surface area contributed by atoms with Crippen molar-refractivity contribution in [1.29, 1.82) is 0 Å². The van der Waals surface area contributed by atoms with Gasteiger partial charge in [0, 0.05) is 31.4 Å². The summed E-state index contributed by atoms with van der Waals surface area (Å²) in [7, 11) is 3.84. The fourth-order valence-corrected chi connectivity index (χ4v) is 1.83. The van der Waals surface area contributed by atoms with Gasteiger partial charge in [0.25, 0.3) is 0 Å². The average Bonchev–Trinajstić information content (AvgIpc) is 3.19. The third-order valence-corrected chi connectivity index (χ3v) is 3.42. The van der Waals surface area contributed by atoms with Gasteiger partial charge in [-0.15, -0.1) is 0 Å². The van der Waals surface area contributed by atoms with Crippen molar-refractivity contribution in [3.8, 4) is 5.75 Å². The summed E-state index contributed by atoms with van der Waals surface area (Å²) in [6.45, 7) is 3.30. The third kappa shape index (κ3) is 3.37. The van der Waals surface area contributed by atoms with Crippen molar-refractivity contribution in [2.24, 2.45) is 0 Å². The van der Waals surface area contributed by atoms with Gasteiger partial charge in [0.15, 0.2) is 0 Å². The van der Waals surface area contributed by atoms with Gasteiger partial charge in [0.2, 0.25) is 0 Å². The van der Waals surface area contributed by atoms with Gasteiger partial charge >= 0.3 is 0 Å². The van der Waals surface area contributed by atoms with Gasteiger partial charge in [-0.25, -0.2) is 0 Å². The molecule has 1 aromatic rings. The fraction of sp³-hybridized carbons (Fsp3) is 0.571. The van der Waals surface area contributed by atoms with Crippen LogP contribution in [0.1, 0.15) is 19.8 Å². The van der Waals surface area contributed by atoms with Gasteiger partial charge < -0.3 is 15.0 Å². The summed E-state index contributed by atoms with van der Waals surface area (Å²) in [6, 6.07) is 9.50. The highest BCUT2D eigenvalue weighted by molar-refractivity contribution is 5.49. The van der Waals surface area contributed by atoms with Crippen LogP contribution in [0, 0.1) is 0 Å². The van der Waals surface area contributed by atoms with Crippen molar-refractivity contribution in [2.45, 2.75) is 31.8 Å². The molecule has 2 rings (SSSR count). The molecule has 1 aromatic carbocycles. The monoisotopic (exact) mass is 234 g/mol. The average molecular weight is 234 g/mol. The Labute approximate surface area is 104 Å². The van der Waals surface area contributed by atoms with E-state index in [9.17, 15) is 0 Å². The first-order chi connectivity index (χ1) is 8.20. The maximum Gasteiger partial charge on any atom is 0.119 e. The number of nitrogens with one attached hydrogen (secondary N) is 1. The molecule has 0 heterocycles. The van der Waals surface area contributed by atoms with Gasteiger partial charge in [-0.1, -0.05) is 0 Å². The number of hydrogen-bond donors (Lipinski definition) is 1. The van der Waals surface area contributed by atoms with Crippen LogP contribution in [-0.4, -0.2) is 32.8 Å². The van der Waals surface area contributed by atoms with Crippen LogP contribution in [0.2, 0.25) is 0 Å². The minimum absolute atomic E-state index is 0.504. The zero-order chi connectivity index (χ0) is 12.3. The number of ether oxygens (including phenoxy) is 1. The third-order valence-electron chi connectivity index (χ3n) is 3.42. The first-order valence-electron chi connectivity index (χ1n) is 6.31. The van der Waals surface area contributed by atoms with Crippen LogP contribution in [0.4, 0.5) is 5.69 Å². The molecule has 0 spiro atoms. The van der Waals surface area contributed by atoms with Crippen molar-refractivity contribution in [1.82, 2.24) is 5.32 Å². The van der Waals surface area contributed by atoms with Crippen LogP contribution in [0.5, 0.6) is 5.75 Å². The molecule has 1 aliphatic rings. The first kappa shape index (κ1) is 12.2. The van der Waals surface area contributed by atoms with Crippen molar-refractivity contribution in [3.05, 3.63) is 24.3 Å². The second kappa shape index (κ2) is 5.41. The summed E-state index contributed by atoms with van der Waals surface area (Å²) in [6.07, 6.45) is 2.69. The standard InChI is InChI=1S/C14H22N2O/c1-11(10-15-12-4-5-12)16(2)13-6-8-14(17-3)9-7-13/h6-9,11-12,15H,4-5,10H2,1-3H3. The molecule has 0 bridgehead atoms. The largest absolute Gasteiger partial charge is 0.497 e. The lowest BCUT2D eigenvalue weighted by Crippen LogP contribution is -2.38. The number of likely N-dealkylation sites (N-methyl/N-ethyl adjacent to an activating group) is 1. The second-order valence-corrected chi connectivity index (χ2v) is 4.84. The Morgan fingerprint density at radius 3 is 2.53 bits per heavy atom. The molecule has 3 heteroatoms. The number of hydrogen-bond acceptors (Lipinski definition) is 3. The van der Waals surface area contributed by atoms with Crippen molar-refractivity contribution in [3.63, 3.8) is 0 Å². The van der Waals surface area contributed by atoms with E-state index < -0.39 is 0 Å². The van der Waals surface area contributed by atoms with E-state index in [1.165, 1.54) is 18.5 Å². The molecule has 0 aliphatic heterocycles. The van der Waals surface area contributed by atoms with E-state index in [-0.39, 0.29) is 0 Å². The molecule has 1 fully saturated rings. The zero-order valence-corrected chi connectivity index (χ0v) is 10.9. The molecule has 0 radical (unpaired) electrons. The molecular formula is C14H22N2O.